The van der Waals surface area contributed by atoms with E-state index >= 15 is 0 Å². The van der Waals surface area contributed by atoms with Gasteiger partial charge in [-0.2, -0.15) is 5.10 Å². The summed E-state index contributed by atoms with van der Waals surface area (Å²) < 4.78 is 11.3. The second-order valence-electron chi connectivity index (χ2n) is 9.82. The zero-order valence-corrected chi connectivity index (χ0v) is 23.8. The van der Waals surface area contributed by atoms with E-state index in [2.05, 4.69) is 10.2 Å². The molecule has 0 spiro atoms. The number of carbonyl (C=O) groups is 1. The molecule has 6 nitrogen and oxygen atoms in total. The Morgan fingerprint density at radius 2 is 1.59 bits per heavy atom. The van der Waals surface area contributed by atoms with Crippen LogP contribution in [0.2, 0.25) is 10.0 Å². The average molecular weight is 585 g/mol. The van der Waals surface area contributed by atoms with Crippen molar-refractivity contribution in [3.63, 3.8) is 0 Å². The van der Waals surface area contributed by atoms with Crippen molar-refractivity contribution in [3.05, 3.63) is 135 Å². The fraction of sp³-hybridized carbons (Fsp3) is 0.152. The highest BCUT2D eigenvalue weighted by molar-refractivity contribution is 6.31. The fourth-order valence-electron chi connectivity index (χ4n) is 5.17. The first kappa shape index (κ1) is 26.9. The van der Waals surface area contributed by atoms with Gasteiger partial charge in [0.25, 0.3) is 5.91 Å². The van der Waals surface area contributed by atoms with Crippen LogP contribution in [-0.2, 0) is 13.0 Å². The Morgan fingerprint density at radius 3 is 2.29 bits per heavy atom. The lowest BCUT2D eigenvalue weighted by Crippen LogP contribution is -2.31. The van der Waals surface area contributed by atoms with E-state index in [9.17, 15) is 4.79 Å². The van der Waals surface area contributed by atoms with Crippen molar-refractivity contribution in [2.45, 2.75) is 19.1 Å². The number of hydrogen-bond donors (Lipinski definition) is 1. The van der Waals surface area contributed by atoms with Crippen LogP contribution in [0.3, 0.4) is 0 Å². The molecule has 0 bridgehead atoms. The van der Waals surface area contributed by atoms with Crippen molar-refractivity contribution < 1.29 is 14.3 Å². The van der Waals surface area contributed by atoms with Crippen LogP contribution >= 0.6 is 23.2 Å². The molecule has 0 fully saturated rings. The summed E-state index contributed by atoms with van der Waals surface area (Å²) in [6.07, 6.45) is 0.694. The van der Waals surface area contributed by atoms with Gasteiger partial charge >= 0.3 is 0 Å². The largest absolute Gasteiger partial charge is 0.497 e. The molecule has 1 atom stereocenters. The van der Waals surface area contributed by atoms with Crippen LogP contribution in [0.4, 0.5) is 0 Å². The predicted octanol–water partition coefficient (Wildman–Crippen LogP) is 7.76. The van der Waals surface area contributed by atoms with Gasteiger partial charge in [0.2, 0.25) is 0 Å². The SMILES string of the molecule is COc1ccc(CCN2C(=O)c3[nH]nc(-c4ccc(Cl)cc4)c3C2c2ccc(OCc3ccccc3Cl)cc2)cc1. The van der Waals surface area contributed by atoms with E-state index in [0.717, 1.165) is 39.3 Å². The van der Waals surface area contributed by atoms with Crippen LogP contribution in [0.15, 0.2) is 97.1 Å². The maximum Gasteiger partial charge on any atom is 0.273 e. The molecule has 0 aliphatic carbocycles. The van der Waals surface area contributed by atoms with Crippen molar-refractivity contribution in [1.29, 1.82) is 0 Å². The number of amides is 1. The first-order chi connectivity index (χ1) is 20.0. The maximum absolute atomic E-state index is 13.7. The van der Waals surface area contributed by atoms with Gasteiger partial charge < -0.3 is 14.4 Å². The van der Waals surface area contributed by atoms with E-state index in [1.54, 1.807) is 7.11 Å². The number of nitrogens with zero attached hydrogens (tertiary/aromatic N) is 2. The molecule has 0 radical (unpaired) electrons. The lowest BCUT2D eigenvalue weighted by atomic mass is 9.96. The molecule has 1 unspecified atom stereocenters. The van der Waals surface area contributed by atoms with Crippen LogP contribution in [-0.4, -0.2) is 34.7 Å². The number of rotatable bonds is 9. The van der Waals surface area contributed by atoms with Crippen molar-refractivity contribution in [2.24, 2.45) is 0 Å². The number of hydrogen-bond acceptors (Lipinski definition) is 4. The third-order valence-electron chi connectivity index (χ3n) is 7.33. The molecule has 8 heteroatoms. The minimum atomic E-state index is -0.321. The quantitative estimate of drug-likeness (QED) is 0.192. The van der Waals surface area contributed by atoms with Gasteiger partial charge in [-0.3, -0.25) is 9.89 Å². The van der Waals surface area contributed by atoms with E-state index in [0.29, 0.717) is 41.1 Å². The number of ether oxygens (including phenoxy) is 2. The summed E-state index contributed by atoms with van der Waals surface area (Å²) in [6.45, 7) is 0.894. The van der Waals surface area contributed by atoms with E-state index in [4.69, 9.17) is 32.7 Å². The third-order valence-corrected chi connectivity index (χ3v) is 7.95. The van der Waals surface area contributed by atoms with E-state index < -0.39 is 0 Å². The molecule has 1 N–H and O–H groups in total. The van der Waals surface area contributed by atoms with Crippen molar-refractivity contribution in [1.82, 2.24) is 15.1 Å². The molecule has 0 saturated heterocycles. The lowest BCUT2D eigenvalue weighted by Gasteiger charge is -2.26. The van der Waals surface area contributed by atoms with Gasteiger partial charge in [-0.15, -0.1) is 0 Å². The Labute approximate surface area is 248 Å². The molecule has 1 aliphatic rings. The van der Waals surface area contributed by atoms with Crippen LogP contribution in [0.5, 0.6) is 11.5 Å². The molecule has 1 amide bonds. The van der Waals surface area contributed by atoms with Gasteiger partial charge in [0.15, 0.2) is 0 Å². The van der Waals surface area contributed by atoms with Gasteiger partial charge in [0, 0.05) is 33.3 Å². The van der Waals surface area contributed by atoms with E-state index in [1.165, 1.54) is 0 Å². The highest BCUT2D eigenvalue weighted by atomic mass is 35.5. The number of H-pyrrole nitrogens is 1. The average Bonchev–Trinajstić information content (AvgIpc) is 3.55. The molecule has 2 heterocycles. The molecule has 0 saturated carbocycles. The Hall–Kier alpha value is -4.26. The Bertz CT molecular complexity index is 1670. The Balaban J connectivity index is 1.31. The van der Waals surface area contributed by atoms with Gasteiger partial charge in [-0.05, 0) is 60.0 Å². The predicted molar refractivity (Wildman–Crippen MR) is 161 cm³/mol. The van der Waals surface area contributed by atoms with E-state index in [-0.39, 0.29) is 11.9 Å². The minimum Gasteiger partial charge on any atom is -0.497 e. The number of halogens is 2. The molecule has 6 rings (SSSR count). The normalized spacial score (nSPS) is 14.3. The second kappa shape index (κ2) is 11.7. The minimum absolute atomic E-state index is 0.0785. The standard InChI is InChI=1S/C33H27Cl2N3O3/c1-40-26-14-6-21(7-15-26)18-19-38-32(23-10-16-27(17-11-23)41-20-24-4-2-3-5-28(24)35)29-30(36-37-31(29)33(38)39)22-8-12-25(34)13-9-22/h2-17,32H,18-20H2,1H3,(H,36,37). The van der Waals surface area contributed by atoms with Gasteiger partial charge in [0.05, 0.1) is 18.8 Å². The Morgan fingerprint density at radius 1 is 0.878 bits per heavy atom. The molecule has 1 aromatic heterocycles. The van der Waals surface area contributed by atoms with Gasteiger partial charge in [0.1, 0.15) is 23.8 Å². The molecular formula is C33H27Cl2N3O3. The van der Waals surface area contributed by atoms with Crippen LogP contribution in [0, 0.1) is 0 Å². The van der Waals surface area contributed by atoms with Gasteiger partial charge in [-0.1, -0.05) is 77.8 Å². The molecule has 1 aliphatic heterocycles. The summed E-state index contributed by atoms with van der Waals surface area (Å²) in [5.41, 5.74) is 5.99. The number of benzene rings is 4. The number of fused-ring (bicyclic) bond motifs is 1. The van der Waals surface area contributed by atoms with Crippen LogP contribution in [0.25, 0.3) is 11.3 Å². The summed E-state index contributed by atoms with van der Waals surface area (Å²) >= 11 is 12.4. The lowest BCUT2D eigenvalue weighted by molar-refractivity contribution is 0.0746. The smallest absolute Gasteiger partial charge is 0.273 e. The highest BCUT2D eigenvalue weighted by Gasteiger charge is 2.41. The fourth-order valence-corrected chi connectivity index (χ4v) is 5.48. The first-order valence-electron chi connectivity index (χ1n) is 13.3. The summed E-state index contributed by atoms with van der Waals surface area (Å²) in [4.78, 5) is 15.6. The first-order valence-corrected chi connectivity index (χ1v) is 14.0. The Kier molecular flexibility index (Phi) is 7.68. The highest BCUT2D eigenvalue weighted by Crippen LogP contribution is 2.43. The molecule has 206 valence electrons. The van der Waals surface area contributed by atoms with Gasteiger partial charge in [-0.25, -0.2) is 0 Å². The zero-order chi connectivity index (χ0) is 28.3. The molecular weight excluding hydrogens is 557 g/mol. The number of carbonyl (C=O) groups excluding carboxylic acids is 1. The zero-order valence-electron chi connectivity index (χ0n) is 22.3. The van der Waals surface area contributed by atoms with Crippen molar-refractivity contribution in [2.75, 3.05) is 13.7 Å². The number of nitrogens with one attached hydrogen (secondary N) is 1. The molecule has 41 heavy (non-hydrogen) atoms. The number of aromatic amines is 1. The summed E-state index contributed by atoms with van der Waals surface area (Å²) in [5, 5.41) is 8.89. The third kappa shape index (κ3) is 5.53. The van der Waals surface area contributed by atoms with Crippen molar-refractivity contribution in [3.8, 4) is 22.8 Å². The molecule has 5 aromatic rings. The number of methoxy groups -OCH3 is 1. The monoisotopic (exact) mass is 583 g/mol. The number of aromatic nitrogens is 2. The van der Waals surface area contributed by atoms with E-state index in [1.807, 2.05) is 102 Å². The summed E-state index contributed by atoms with van der Waals surface area (Å²) in [5.74, 6) is 1.44. The van der Waals surface area contributed by atoms with Crippen LogP contribution in [0.1, 0.15) is 38.8 Å². The van der Waals surface area contributed by atoms with Crippen molar-refractivity contribution >= 4 is 29.1 Å². The summed E-state index contributed by atoms with van der Waals surface area (Å²) in [6, 6.07) is 30.6. The second-order valence-corrected chi connectivity index (χ2v) is 10.7. The van der Waals surface area contributed by atoms with Crippen LogP contribution < -0.4 is 9.47 Å². The topological polar surface area (TPSA) is 67.5 Å². The molecule has 4 aromatic carbocycles. The summed E-state index contributed by atoms with van der Waals surface area (Å²) in [7, 11) is 1.65. The maximum atomic E-state index is 13.7.